The van der Waals surface area contributed by atoms with E-state index in [0.29, 0.717) is 17.9 Å². The number of piperazine rings is 1. The van der Waals surface area contributed by atoms with Gasteiger partial charge in [0.1, 0.15) is 18.0 Å². The molecule has 3 rings (SSSR count). The van der Waals surface area contributed by atoms with E-state index in [9.17, 15) is 10.1 Å². The monoisotopic (exact) mass is 355 g/mol. The van der Waals surface area contributed by atoms with E-state index in [-0.39, 0.29) is 5.69 Å². The van der Waals surface area contributed by atoms with Crippen molar-refractivity contribution >= 4 is 23.5 Å². The van der Waals surface area contributed by atoms with Crippen LogP contribution in [-0.4, -0.2) is 59.2 Å². The van der Waals surface area contributed by atoms with Crippen LogP contribution in [0.25, 0.3) is 0 Å². The summed E-state index contributed by atoms with van der Waals surface area (Å²) >= 11 is 0. The maximum atomic E-state index is 10.9. The lowest BCUT2D eigenvalue weighted by molar-refractivity contribution is -0.384. The van der Waals surface area contributed by atoms with E-state index in [2.05, 4.69) is 32.1 Å². The molecule has 1 fully saturated rings. The number of nitrogens with one attached hydrogen (secondary N) is 2. The van der Waals surface area contributed by atoms with Gasteiger partial charge in [-0.2, -0.15) is 0 Å². The molecule has 0 atom stereocenters. The van der Waals surface area contributed by atoms with E-state index in [1.807, 2.05) is 6.07 Å². The molecule has 2 N–H and O–H groups in total. The Morgan fingerprint density at radius 3 is 2.77 bits per heavy atom. The number of nitrogens with zero attached hydrogens (tertiary/aromatic N) is 5. The molecule has 0 bridgehead atoms. The molecule has 1 aromatic heterocycles. The zero-order valence-corrected chi connectivity index (χ0v) is 14.6. The number of benzene rings is 1. The third kappa shape index (κ3) is 3.94. The molecule has 0 unspecified atom stereocenters. The predicted molar refractivity (Wildman–Crippen MR) is 100 cm³/mol. The van der Waals surface area contributed by atoms with Crippen LogP contribution in [0, 0.1) is 15.5 Å². The second-order valence-electron chi connectivity index (χ2n) is 6.17. The fourth-order valence-electron chi connectivity index (χ4n) is 2.90. The standard InChI is InChI=1S/C17H21N7O2/c1-22-5-7-23(8-6-22)17-15(10-18)16(20-12-21-17)19-11-13-3-2-4-14(9-13)24(25)26/h2-4,9-10,12,18H,5-8,11H2,1H3,(H,19,20,21). The summed E-state index contributed by atoms with van der Waals surface area (Å²) in [5, 5.41) is 21.9. The highest BCUT2D eigenvalue weighted by Gasteiger charge is 2.20. The number of hydrogen-bond donors (Lipinski definition) is 2. The van der Waals surface area contributed by atoms with Crippen LogP contribution < -0.4 is 10.2 Å². The zero-order valence-electron chi connectivity index (χ0n) is 14.6. The highest BCUT2D eigenvalue weighted by atomic mass is 16.6. The van der Waals surface area contributed by atoms with Gasteiger partial charge in [-0.05, 0) is 12.6 Å². The van der Waals surface area contributed by atoms with Crippen molar-refractivity contribution in [2.24, 2.45) is 0 Å². The molecule has 0 aliphatic carbocycles. The summed E-state index contributed by atoms with van der Waals surface area (Å²) in [5.41, 5.74) is 1.45. The molecule has 0 saturated carbocycles. The van der Waals surface area contributed by atoms with Gasteiger partial charge in [0.05, 0.1) is 10.5 Å². The van der Waals surface area contributed by atoms with E-state index >= 15 is 0 Å². The zero-order chi connectivity index (χ0) is 18.5. The lowest BCUT2D eigenvalue weighted by Crippen LogP contribution is -2.45. The Morgan fingerprint density at radius 2 is 2.08 bits per heavy atom. The lowest BCUT2D eigenvalue weighted by Gasteiger charge is -2.34. The van der Waals surface area contributed by atoms with Crippen molar-refractivity contribution in [2.45, 2.75) is 6.54 Å². The van der Waals surface area contributed by atoms with E-state index in [1.165, 1.54) is 24.7 Å². The van der Waals surface area contributed by atoms with Crippen LogP contribution in [0.1, 0.15) is 11.1 Å². The summed E-state index contributed by atoms with van der Waals surface area (Å²) < 4.78 is 0. The van der Waals surface area contributed by atoms with Gasteiger partial charge < -0.3 is 20.5 Å². The van der Waals surface area contributed by atoms with Crippen molar-refractivity contribution in [3.05, 3.63) is 51.8 Å². The van der Waals surface area contributed by atoms with Crippen molar-refractivity contribution in [3.63, 3.8) is 0 Å². The van der Waals surface area contributed by atoms with Crippen molar-refractivity contribution in [3.8, 4) is 0 Å². The average molecular weight is 355 g/mol. The van der Waals surface area contributed by atoms with Crippen LogP contribution in [0.4, 0.5) is 17.3 Å². The molecule has 136 valence electrons. The Balaban J connectivity index is 1.78. The molecule has 0 spiro atoms. The minimum Gasteiger partial charge on any atom is -0.365 e. The Kier molecular flexibility index (Phi) is 5.37. The number of hydrogen-bond acceptors (Lipinski definition) is 8. The van der Waals surface area contributed by atoms with Gasteiger partial charge in [0, 0.05) is 51.1 Å². The second-order valence-corrected chi connectivity index (χ2v) is 6.17. The fraction of sp³-hybridized carbons (Fsp3) is 0.353. The van der Waals surface area contributed by atoms with Crippen LogP contribution in [-0.2, 0) is 6.54 Å². The van der Waals surface area contributed by atoms with Gasteiger partial charge in [-0.3, -0.25) is 10.1 Å². The molecule has 1 aliphatic heterocycles. The minimum absolute atomic E-state index is 0.0531. The van der Waals surface area contributed by atoms with Crippen LogP contribution in [0.5, 0.6) is 0 Å². The molecule has 26 heavy (non-hydrogen) atoms. The quantitative estimate of drug-likeness (QED) is 0.461. The number of non-ortho nitro benzene ring substituents is 1. The van der Waals surface area contributed by atoms with E-state index in [4.69, 9.17) is 5.41 Å². The van der Waals surface area contributed by atoms with E-state index in [0.717, 1.165) is 37.6 Å². The molecule has 9 nitrogen and oxygen atoms in total. The predicted octanol–water partition coefficient (Wildman–Crippen LogP) is 1.75. The molecular formula is C17H21N7O2. The van der Waals surface area contributed by atoms with Crippen molar-refractivity contribution in [1.82, 2.24) is 14.9 Å². The third-order valence-electron chi connectivity index (χ3n) is 4.39. The van der Waals surface area contributed by atoms with E-state index in [1.54, 1.807) is 6.07 Å². The summed E-state index contributed by atoms with van der Waals surface area (Å²) in [5.74, 6) is 1.29. The molecule has 2 heterocycles. The number of likely N-dealkylation sites (N-methyl/N-ethyl adjacent to an activating group) is 1. The average Bonchev–Trinajstić information content (AvgIpc) is 2.67. The lowest BCUT2D eigenvalue weighted by atomic mass is 10.2. The van der Waals surface area contributed by atoms with Gasteiger partial charge in [0.25, 0.3) is 5.69 Å². The van der Waals surface area contributed by atoms with Crippen LogP contribution in [0.15, 0.2) is 30.6 Å². The Morgan fingerprint density at radius 1 is 1.31 bits per heavy atom. The first-order chi connectivity index (χ1) is 12.6. The summed E-state index contributed by atoms with van der Waals surface area (Å²) in [4.78, 5) is 23.5. The highest BCUT2D eigenvalue weighted by molar-refractivity contribution is 5.91. The smallest absolute Gasteiger partial charge is 0.269 e. The summed E-state index contributed by atoms with van der Waals surface area (Å²) in [6.07, 6.45) is 2.74. The van der Waals surface area contributed by atoms with Gasteiger partial charge in [0.15, 0.2) is 0 Å². The maximum absolute atomic E-state index is 10.9. The minimum atomic E-state index is -0.414. The topological polar surface area (TPSA) is 111 Å². The summed E-state index contributed by atoms with van der Waals surface area (Å²) in [7, 11) is 2.08. The maximum Gasteiger partial charge on any atom is 0.269 e. The normalized spacial score (nSPS) is 14.9. The molecule has 2 aromatic rings. The SMILES string of the molecule is CN1CCN(c2ncnc(NCc3cccc([N+](=O)[O-])c3)c2C=N)CC1. The Bertz CT molecular complexity index is 803. The molecule has 1 aromatic carbocycles. The van der Waals surface area contributed by atoms with Gasteiger partial charge in [0.2, 0.25) is 0 Å². The van der Waals surface area contributed by atoms with Crippen LogP contribution in [0.2, 0.25) is 0 Å². The third-order valence-corrected chi connectivity index (χ3v) is 4.39. The molecule has 1 saturated heterocycles. The highest BCUT2D eigenvalue weighted by Crippen LogP contribution is 2.23. The van der Waals surface area contributed by atoms with Crippen molar-refractivity contribution in [1.29, 1.82) is 5.41 Å². The van der Waals surface area contributed by atoms with Crippen LogP contribution >= 0.6 is 0 Å². The van der Waals surface area contributed by atoms with Gasteiger partial charge in [-0.25, -0.2) is 9.97 Å². The van der Waals surface area contributed by atoms with Crippen LogP contribution in [0.3, 0.4) is 0 Å². The number of anilines is 2. The Hall–Kier alpha value is -3.07. The number of rotatable bonds is 6. The summed E-state index contributed by atoms with van der Waals surface area (Å²) in [6.45, 7) is 3.95. The molecule has 0 amide bonds. The summed E-state index contributed by atoms with van der Waals surface area (Å²) in [6, 6.07) is 6.46. The van der Waals surface area contributed by atoms with Gasteiger partial charge >= 0.3 is 0 Å². The van der Waals surface area contributed by atoms with Gasteiger partial charge in [-0.15, -0.1) is 0 Å². The second kappa shape index (κ2) is 7.87. The fourth-order valence-corrected chi connectivity index (χ4v) is 2.90. The van der Waals surface area contributed by atoms with Gasteiger partial charge in [-0.1, -0.05) is 12.1 Å². The van der Waals surface area contributed by atoms with Crippen molar-refractivity contribution in [2.75, 3.05) is 43.4 Å². The molecular weight excluding hydrogens is 334 g/mol. The first kappa shape index (κ1) is 17.7. The first-order valence-electron chi connectivity index (χ1n) is 8.34. The number of nitro benzene ring substituents is 1. The Labute approximate surface area is 151 Å². The largest absolute Gasteiger partial charge is 0.365 e. The molecule has 9 heteroatoms. The molecule has 0 radical (unpaired) electrons. The molecule has 1 aliphatic rings. The first-order valence-corrected chi connectivity index (χ1v) is 8.34. The number of nitro groups is 1. The van der Waals surface area contributed by atoms with Crippen molar-refractivity contribution < 1.29 is 4.92 Å². The van der Waals surface area contributed by atoms with E-state index < -0.39 is 4.92 Å². The number of aromatic nitrogens is 2.